The van der Waals surface area contributed by atoms with Crippen LogP contribution >= 0.6 is 0 Å². The highest BCUT2D eigenvalue weighted by molar-refractivity contribution is 6.21. The molecule has 18 heavy (non-hydrogen) atoms. The monoisotopic (exact) mass is 245 g/mol. The van der Waals surface area contributed by atoms with E-state index in [0.717, 1.165) is 4.90 Å². The van der Waals surface area contributed by atoms with Crippen LogP contribution in [-0.4, -0.2) is 34.3 Å². The van der Waals surface area contributed by atoms with Crippen molar-refractivity contribution >= 4 is 17.8 Å². The van der Waals surface area contributed by atoms with Gasteiger partial charge >= 0.3 is 5.97 Å². The van der Waals surface area contributed by atoms with Crippen molar-refractivity contribution in [1.29, 1.82) is 0 Å². The first kappa shape index (κ1) is 12.0. The van der Waals surface area contributed by atoms with E-state index in [2.05, 4.69) is 6.58 Å². The molecule has 0 saturated carbocycles. The number of aromatic carboxylic acids is 1. The Labute approximate surface area is 103 Å². The van der Waals surface area contributed by atoms with Gasteiger partial charge < -0.3 is 5.11 Å². The Bertz CT molecular complexity index is 562. The van der Waals surface area contributed by atoms with Crippen LogP contribution in [0.1, 0.15) is 37.5 Å². The molecule has 0 aliphatic carbocycles. The van der Waals surface area contributed by atoms with Gasteiger partial charge in [-0.1, -0.05) is 6.08 Å². The van der Waals surface area contributed by atoms with Gasteiger partial charge in [0.2, 0.25) is 0 Å². The molecule has 5 heteroatoms. The Balaban J connectivity index is 2.39. The molecule has 0 fully saturated rings. The fourth-order valence-electron chi connectivity index (χ4n) is 1.85. The molecule has 1 N–H and O–H groups in total. The number of hydrogen-bond donors (Lipinski definition) is 1. The first-order chi connectivity index (χ1) is 8.56. The lowest BCUT2D eigenvalue weighted by atomic mass is 10.1. The molecular formula is C13H11NO4. The van der Waals surface area contributed by atoms with Crippen LogP contribution in [0.25, 0.3) is 0 Å². The van der Waals surface area contributed by atoms with Gasteiger partial charge in [0.15, 0.2) is 0 Å². The number of amides is 2. The summed E-state index contributed by atoms with van der Waals surface area (Å²) in [6, 6.07) is 3.95. The van der Waals surface area contributed by atoms with Gasteiger partial charge in [-0.3, -0.25) is 14.5 Å². The van der Waals surface area contributed by atoms with Crippen LogP contribution in [0.5, 0.6) is 0 Å². The fraction of sp³-hybridized carbons (Fsp3) is 0.154. The van der Waals surface area contributed by atoms with Crippen molar-refractivity contribution in [2.75, 3.05) is 6.54 Å². The second-order valence-corrected chi connectivity index (χ2v) is 3.90. The van der Waals surface area contributed by atoms with Crippen LogP contribution in [0.4, 0.5) is 0 Å². The topological polar surface area (TPSA) is 74.7 Å². The second kappa shape index (κ2) is 4.44. The van der Waals surface area contributed by atoms with E-state index in [1.165, 1.54) is 18.2 Å². The fourth-order valence-corrected chi connectivity index (χ4v) is 1.85. The first-order valence-corrected chi connectivity index (χ1v) is 5.40. The molecule has 0 unspecified atom stereocenters. The van der Waals surface area contributed by atoms with E-state index in [9.17, 15) is 14.4 Å². The van der Waals surface area contributed by atoms with E-state index in [1.54, 1.807) is 6.08 Å². The predicted octanol–water partition coefficient (Wildman–Crippen LogP) is 1.56. The molecule has 1 heterocycles. The van der Waals surface area contributed by atoms with Crippen molar-refractivity contribution < 1.29 is 19.5 Å². The summed E-state index contributed by atoms with van der Waals surface area (Å²) in [6.07, 6.45) is 2.13. The average Bonchev–Trinajstić information content (AvgIpc) is 2.59. The van der Waals surface area contributed by atoms with E-state index < -0.39 is 11.9 Å². The molecule has 0 radical (unpaired) electrons. The Kier molecular flexibility index (Phi) is 2.97. The van der Waals surface area contributed by atoms with Crippen LogP contribution in [0.2, 0.25) is 0 Å². The Morgan fingerprint density at radius 3 is 2.56 bits per heavy atom. The quantitative estimate of drug-likeness (QED) is 0.645. The minimum atomic E-state index is -1.12. The van der Waals surface area contributed by atoms with Crippen molar-refractivity contribution in [2.24, 2.45) is 0 Å². The summed E-state index contributed by atoms with van der Waals surface area (Å²) in [5.41, 5.74) is 0.415. The molecule has 0 bridgehead atoms. The van der Waals surface area contributed by atoms with E-state index in [0.29, 0.717) is 6.42 Å². The molecule has 0 saturated heterocycles. The lowest BCUT2D eigenvalue weighted by Crippen LogP contribution is -2.30. The van der Waals surface area contributed by atoms with E-state index >= 15 is 0 Å². The molecule has 1 aliphatic rings. The maximum absolute atomic E-state index is 12.0. The first-order valence-electron chi connectivity index (χ1n) is 5.40. The third-order valence-electron chi connectivity index (χ3n) is 2.77. The number of carboxylic acid groups (broad SMARTS) is 1. The van der Waals surface area contributed by atoms with Crippen molar-refractivity contribution in [1.82, 2.24) is 4.90 Å². The number of hydrogen-bond acceptors (Lipinski definition) is 3. The summed E-state index contributed by atoms with van der Waals surface area (Å²) in [5.74, 6) is -1.95. The maximum Gasteiger partial charge on any atom is 0.335 e. The summed E-state index contributed by atoms with van der Waals surface area (Å²) < 4.78 is 0. The zero-order valence-electron chi connectivity index (χ0n) is 9.55. The number of rotatable bonds is 4. The van der Waals surface area contributed by atoms with Crippen molar-refractivity contribution in [3.63, 3.8) is 0 Å². The van der Waals surface area contributed by atoms with Crippen LogP contribution in [0.3, 0.4) is 0 Å². The van der Waals surface area contributed by atoms with Gasteiger partial charge in [-0.15, -0.1) is 6.58 Å². The largest absolute Gasteiger partial charge is 0.478 e. The van der Waals surface area contributed by atoms with Gasteiger partial charge in [0, 0.05) is 6.54 Å². The van der Waals surface area contributed by atoms with Crippen LogP contribution < -0.4 is 0 Å². The molecule has 1 aliphatic heterocycles. The third-order valence-corrected chi connectivity index (χ3v) is 2.77. The molecular weight excluding hydrogens is 234 g/mol. The molecule has 5 nitrogen and oxygen atoms in total. The smallest absolute Gasteiger partial charge is 0.335 e. The minimum absolute atomic E-state index is 0.000436. The number of fused-ring (bicyclic) bond motifs is 1. The summed E-state index contributed by atoms with van der Waals surface area (Å²) in [5, 5.41) is 8.85. The predicted molar refractivity (Wildman–Crippen MR) is 63.6 cm³/mol. The zero-order valence-corrected chi connectivity index (χ0v) is 9.55. The highest BCUT2D eigenvalue weighted by atomic mass is 16.4. The van der Waals surface area contributed by atoms with E-state index in [4.69, 9.17) is 5.11 Å². The molecule has 2 rings (SSSR count). The summed E-state index contributed by atoms with van der Waals surface area (Å²) in [7, 11) is 0. The van der Waals surface area contributed by atoms with Gasteiger partial charge in [-0.2, -0.15) is 0 Å². The second-order valence-electron chi connectivity index (χ2n) is 3.90. The van der Waals surface area contributed by atoms with Crippen molar-refractivity contribution in [2.45, 2.75) is 6.42 Å². The van der Waals surface area contributed by atoms with Gasteiger partial charge in [0.05, 0.1) is 16.7 Å². The number of carbonyl (C=O) groups is 3. The Morgan fingerprint density at radius 1 is 1.28 bits per heavy atom. The molecule has 1 aromatic rings. The Morgan fingerprint density at radius 2 is 1.94 bits per heavy atom. The highest BCUT2D eigenvalue weighted by Gasteiger charge is 2.35. The van der Waals surface area contributed by atoms with Crippen LogP contribution in [0.15, 0.2) is 30.9 Å². The molecule has 1 aromatic carbocycles. The molecule has 0 atom stereocenters. The van der Waals surface area contributed by atoms with E-state index in [-0.39, 0.29) is 29.1 Å². The number of carboxylic acids is 1. The summed E-state index contributed by atoms with van der Waals surface area (Å²) >= 11 is 0. The van der Waals surface area contributed by atoms with Gasteiger partial charge in [-0.25, -0.2) is 4.79 Å². The number of benzene rings is 1. The van der Waals surface area contributed by atoms with Gasteiger partial charge in [0.1, 0.15) is 0 Å². The van der Waals surface area contributed by atoms with Gasteiger partial charge in [0.25, 0.3) is 11.8 Å². The zero-order chi connectivity index (χ0) is 13.3. The Hall–Kier alpha value is -2.43. The van der Waals surface area contributed by atoms with Crippen molar-refractivity contribution in [3.8, 4) is 0 Å². The summed E-state index contributed by atoms with van der Waals surface area (Å²) in [6.45, 7) is 3.79. The number of carbonyl (C=O) groups excluding carboxylic acids is 2. The molecule has 2 amide bonds. The molecule has 0 aromatic heterocycles. The third kappa shape index (κ3) is 1.79. The minimum Gasteiger partial charge on any atom is -0.478 e. The van der Waals surface area contributed by atoms with Crippen LogP contribution in [-0.2, 0) is 0 Å². The summed E-state index contributed by atoms with van der Waals surface area (Å²) in [4.78, 5) is 35.8. The average molecular weight is 245 g/mol. The van der Waals surface area contributed by atoms with Gasteiger partial charge in [-0.05, 0) is 24.6 Å². The maximum atomic E-state index is 12.0. The lowest BCUT2D eigenvalue weighted by molar-refractivity contribution is 0.0655. The molecule has 0 spiro atoms. The standard InChI is InChI=1S/C13H11NO4/c1-2-3-6-14-11(15)9-5-4-8(13(17)18)7-10(9)12(14)16/h2,4-5,7H,1,3,6H2,(H,17,18). The molecule has 92 valence electrons. The van der Waals surface area contributed by atoms with Crippen molar-refractivity contribution in [3.05, 3.63) is 47.5 Å². The highest BCUT2D eigenvalue weighted by Crippen LogP contribution is 2.24. The normalized spacial score (nSPS) is 13.7. The number of imide groups is 1. The number of nitrogens with zero attached hydrogens (tertiary/aromatic N) is 1. The lowest BCUT2D eigenvalue weighted by Gasteiger charge is -2.11. The van der Waals surface area contributed by atoms with E-state index in [1.807, 2.05) is 0 Å². The SMILES string of the molecule is C=CCCN1C(=O)c2ccc(C(=O)O)cc2C1=O. The van der Waals surface area contributed by atoms with Crippen LogP contribution in [0, 0.1) is 0 Å².